The van der Waals surface area contributed by atoms with Gasteiger partial charge in [0.05, 0.1) is 7.11 Å². The molecule has 2 nitrogen and oxygen atoms in total. The zero-order valence-corrected chi connectivity index (χ0v) is 13.7. The van der Waals surface area contributed by atoms with Crippen LogP contribution in [0.15, 0.2) is 12.1 Å². The molecule has 0 saturated heterocycles. The second kappa shape index (κ2) is 6.17. The number of nitrogens with one attached hydrogen (secondary N) is 1. The highest BCUT2D eigenvalue weighted by Crippen LogP contribution is 2.51. The quantitative estimate of drug-likeness (QED) is 0.851. The lowest BCUT2D eigenvalue weighted by Gasteiger charge is -2.38. The molecular formula is C18H29NO. The maximum Gasteiger partial charge on any atom is 0.126 e. The van der Waals surface area contributed by atoms with E-state index in [0.717, 1.165) is 5.75 Å². The van der Waals surface area contributed by atoms with E-state index in [9.17, 15) is 0 Å². The van der Waals surface area contributed by atoms with Gasteiger partial charge in [-0.2, -0.15) is 0 Å². The molecule has 1 N–H and O–H groups in total. The van der Waals surface area contributed by atoms with Crippen LogP contribution in [0.4, 0.5) is 0 Å². The van der Waals surface area contributed by atoms with Gasteiger partial charge in [-0.3, -0.25) is 0 Å². The topological polar surface area (TPSA) is 21.3 Å². The van der Waals surface area contributed by atoms with E-state index >= 15 is 0 Å². The van der Waals surface area contributed by atoms with E-state index in [1.165, 1.54) is 48.8 Å². The molecule has 0 radical (unpaired) electrons. The molecule has 1 saturated carbocycles. The molecule has 112 valence electrons. The molecule has 0 bridgehead atoms. The summed E-state index contributed by atoms with van der Waals surface area (Å²) in [6.45, 7) is 6.65. The van der Waals surface area contributed by atoms with Crippen molar-refractivity contribution in [3.63, 3.8) is 0 Å². The van der Waals surface area contributed by atoms with E-state index in [-0.39, 0.29) is 0 Å². The fourth-order valence-corrected chi connectivity index (χ4v) is 4.03. The molecule has 1 aliphatic carbocycles. The van der Waals surface area contributed by atoms with Gasteiger partial charge >= 0.3 is 0 Å². The van der Waals surface area contributed by atoms with Gasteiger partial charge in [0, 0.05) is 11.6 Å². The number of benzene rings is 1. The van der Waals surface area contributed by atoms with Gasteiger partial charge in [-0.25, -0.2) is 0 Å². The minimum atomic E-state index is 0.393. The standard InChI is InChI=1S/C18H29NO/c1-6-18(11-7-8-12-18)17(19-4)15-10-9-13(2)14(3)16(15)20-5/h9-10,17,19H,6-8,11-12H2,1-5H3. The Balaban J connectivity index is 2.49. The number of methoxy groups -OCH3 is 1. The molecule has 1 aromatic carbocycles. The number of aryl methyl sites for hydroxylation is 1. The highest BCUT2D eigenvalue weighted by atomic mass is 16.5. The minimum absolute atomic E-state index is 0.393. The van der Waals surface area contributed by atoms with Crippen molar-refractivity contribution < 1.29 is 4.74 Å². The van der Waals surface area contributed by atoms with Crippen LogP contribution in [0.25, 0.3) is 0 Å². The van der Waals surface area contributed by atoms with Crippen molar-refractivity contribution in [2.45, 2.75) is 58.9 Å². The van der Waals surface area contributed by atoms with Crippen LogP contribution in [-0.4, -0.2) is 14.2 Å². The molecule has 2 heteroatoms. The number of rotatable bonds is 5. The summed E-state index contributed by atoms with van der Waals surface area (Å²) >= 11 is 0. The van der Waals surface area contributed by atoms with Crippen LogP contribution >= 0.6 is 0 Å². The van der Waals surface area contributed by atoms with Crippen molar-refractivity contribution in [2.75, 3.05) is 14.2 Å². The van der Waals surface area contributed by atoms with E-state index in [1.807, 2.05) is 0 Å². The first kappa shape index (κ1) is 15.4. The molecular weight excluding hydrogens is 246 g/mol. The van der Waals surface area contributed by atoms with E-state index in [2.05, 4.69) is 45.3 Å². The Bertz CT molecular complexity index is 461. The molecule has 0 aliphatic heterocycles. The molecule has 20 heavy (non-hydrogen) atoms. The molecule has 2 rings (SSSR count). The normalized spacial score (nSPS) is 19.1. The molecule has 1 atom stereocenters. The Labute approximate surface area is 123 Å². The van der Waals surface area contributed by atoms with Gasteiger partial charge in [0.25, 0.3) is 0 Å². The summed E-state index contributed by atoms with van der Waals surface area (Å²) in [4.78, 5) is 0. The van der Waals surface area contributed by atoms with E-state index in [1.54, 1.807) is 7.11 Å². The molecule has 0 amide bonds. The first-order chi connectivity index (χ1) is 9.59. The van der Waals surface area contributed by atoms with Gasteiger partial charge in [0.1, 0.15) is 5.75 Å². The summed E-state index contributed by atoms with van der Waals surface area (Å²) in [6.07, 6.45) is 6.60. The lowest BCUT2D eigenvalue weighted by Crippen LogP contribution is -2.34. The van der Waals surface area contributed by atoms with Gasteiger partial charge in [0.2, 0.25) is 0 Å². The molecule has 1 fully saturated rings. The Kier molecular flexibility index (Phi) is 4.74. The summed E-state index contributed by atoms with van der Waals surface area (Å²) < 4.78 is 5.75. The summed E-state index contributed by atoms with van der Waals surface area (Å²) in [7, 11) is 3.89. The second-order valence-electron chi connectivity index (χ2n) is 6.27. The SMILES string of the molecule is CCC1(C(NC)c2ccc(C)c(C)c2OC)CCCC1. The summed E-state index contributed by atoms with van der Waals surface area (Å²) in [5.74, 6) is 1.07. The van der Waals surface area contributed by atoms with Gasteiger partial charge in [-0.05, 0) is 56.7 Å². The third-order valence-electron chi connectivity index (χ3n) is 5.43. The van der Waals surface area contributed by atoms with Crippen LogP contribution in [0.3, 0.4) is 0 Å². The van der Waals surface area contributed by atoms with Crippen LogP contribution in [0.1, 0.15) is 61.8 Å². The Morgan fingerprint density at radius 2 is 1.90 bits per heavy atom. The Morgan fingerprint density at radius 1 is 1.25 bits per heavy atom. The highest BCUT2D eigenvalue weighted by molar-refractivity contribution is 5.47. The number of hydrogen-bond acceptors (Lipinski definition) is 2. The molecule has 1 aliphatic rings. The fourth-order valence-electron chi connectivity index (χ4n) is 4.03. The van der Waals surface area contributed by atoms with Gasteiger partial charge in [-0.15, -0.1) is 0 Å². The molecule has 0 aromatic heterocycles. The number of hydrogen-bond donors (Lipinski definition) is 1. The van der Waals surface area contributed by atoms with Crippen molar-refractivity contribution >= 4 is 0 Å². The Morgan fingerprint density at radius 3 is 2.40 bits per heavy atom. The monoisotopic (exact) mass is 275 g/mol. The molecule has 0 spiro atoms. The summed E-state index contributed by atoms with van der Waals surface area (Å²) in [6, 6.07) is 4.89. The third-order valence-corrected chi connectivity index (χ3v) is 5.43. The average Bonchev–Trinajstić information content (AvgIpc) is 2.94. The number of ether oxygens (including phenoxy) is 1. The van der Waals surface area contributed by atoms with Gasteiger partial charge in [0.15, 0.2) is 0 Å². The lowest BCUT2D eigenvalue weighted by atomic mass is 9.73. The third kappa shape index (κ3) is 2.46. The van der Waals surface area contributed by atoms with Gasteiger partial charge < -0.3 is 10.1 Å². The van der Waals surface area contributed by atoms with E-state index in [4.69, 9.17) is 4.74 Å². The zero-order valence-electron chi connectivity index (χ0n) is 13.7. The first-order valence-electron chi connectivity index (χ1n) is 7.91. The van der Waals surface area contributed by atoms with Crippen molar-refractivity contribution in [3.8, 4) is 5.75 Å². The van der Waals surface area contributed by atoms with Crippen molar-refractivity contribution in [1.29, 1.82) is 0 Å². The fraction of sp³-hybridized carbons (Fsp3) is 0.667. The van der Waals surface area contributed by atoms with Crippen molar-refractivity contribution in [2.24, 2.45) is 5.41 Å². The van der Waals surface area contributed by atoms with E-state index < -0.39 is 0 Å². The second-order valence-corrected chi connectivity index (χ2v) is 6.27. The molecule has 1 aromatic rings. The van der Waals surface area contributed by atoms with Crippen LogP contribution in [0, 0.1) is 19.3 Å². The van der Waals surface area contributed by atoms with Crippen molar-refractivity contribution in [3.05, 3.63) is 28.8 Å². The van der Waals surface area contributed by atoms with Crippen molar-refractivity contribution in [1.82, 2.24) is 5.32 Å². The van der Waals surface area contributed by atoms with Crippen LogP contribution in [0.5, 0.6) is 5.75 Å². The predicted octanol–water partition coefficient (Wildman–Crippen LogP) is 4.54. The smallest absolute Gasteiger partial charge is 0.126 e. The highest BCUT2D eigenvalue weighted by Gasteiger charge is 2.41. The predicted molar refractivity (Wildman–Crippen MR) is 85.5 cm³/mol. The molecule has 0 heterocycles. The summed E-state index contributed by atoms with van der Waals surface area (Å²) in [5.41, 5.74) is 4.30. The van der Waals surface area contributed by atoms with Gasteiger partial charge in [-0.1, -0.05) is 31.9 Å². The Hall–Kier alpha value is -1.02. The van der Waals surface area contributed by atoms with E-state index in [0.29, 0.717) is 11.5 Å². The minimum Gasteiger partial charge on any atom is -0.496 e. The average molecular weight is 275 g/mol. The zero-order chi connectivity index (χ0) is 14.8. The first-order valence-corrected chi connectivity index (χ1v) is 7.91. The summed E-state index contributed by atoms with van der Waals surface area (Å²) in [5, 5.41) is 3.59. The molecule has 1 unspecified atom stereocenters. The maximum absolute atomic E-state index is 5.75. The maximum atomic E-state index is 5.75. The lowest BCUT2D eigenvalue weighted by molar-refractivity contribution is 0.191. The van der Waals surface area contributed by atoms with Crippen LogP contribution in [0.2, 0.25) is 0 Å². The largest absolute Gasteiger partial charge is 0.496 e. The van der Waals surface area contributed by atoms with Crippen LogP contribution in [-0.2, 0) is 0 Å². The van der Waals surface area contributed by atoms with Crippen LogP contribution < -0.4 is 10.1 Å².